The number of piperazine rings is 1. The van der Waals surface area contributed by atoms with Crippen molar-refractivity contribution in [1.82, 2.24) is 19.8 Å². The van der Waals surface area contributed by atoms with E-state index in [4.69, 9.17) is 24.2 Å². The molecule has 2 atom stereocenters. The Kier molecular flexibility index (Phi) is 10.1. The summed E-state index contributed by atoms with van der Waals surface area (Å²) in [5, 5.41) is 2.44. The molecule has 2 saturated heterocycles. The zero-order chi connectivity index (χ0) is 36.4. The molecular formula is C41H50N6O5. The van der Waals surface area contributed by atoms with Crippen molar-refractivity contribution in [3.63, 3.8) is 0 Å². The number of likely N-dealkylation sites (tertiary alicyclic amines) is 1. The molecule has 3 aliphatic heterocycles. The van der Waals surface area contributed by atoms with Crippen LogP contribution in [0.5, 0.6) is 6.01 Å². The average molecular weight is 707 g/mol. The highest BCUT2D eigenvalue weighted by molar-refractivity contribution is 5.95. The van der Waals surface area contributed by atoms with E-state index in [-0.39, 0.29) is 30.9 Å². The summed E-state index contributed by atoms with van der Waals surface area (Å²) in [5.41, 5.74) is 4.84. The Morgan fingerprint density at radius 3 is 2.40 bits per heavy atom. The topological polar surface area (TPSA) is 101 Å². The van der Waals surface area contributed by atoms with Crippen LogP contribution >= 0.6 is 0 Å². The Labute approximate surface area is 306 Å². The zero-order valence-electron chi connectivity index (χ0n) is 31.0. The van der Waals surface area contributed by atoms with Crippen molar-refractivity contribution in [3.05, 3.63) is 89.1 Å². The fraction of sp³-hybridized carbons (Fsp3) is 0.463. The minimum Gasteiger partial charge on any atom is -0.458 e. The van der Waals surface area contributed by atoms with Crippen LogP contribution in [0, 0.1) is 6.92 Å². The largest absolute Gasteiger partial charge is 0.458 e. The molecule has 11 heteroatoms. The summed E-state index contributed by atoms with van der Waals surface area (Å²) in [6.45, 7) is 14.4. The van der Waals surface area contributed by atoms with E-state index in [9.17, 15) is 9.59 Å². The number of nitrogens with zero attached hydrogens (tertiary/aromatic N) is 6. The van der Waals surface area contributed by atoms with Crippen LogP contribution in [0.2, 0.25) is 0 Å². The van der Waals surface area contributed by atoms with Crippen LogP contribution in [0.1, 0.15) is 62.9 Å². The average Bonchev–Trinajstić information content (AvgIpc) is 3.64. The lowest BCUT2D eigenvalue weighted by Gasteiger charge is -2.38. The highest BCUT2D eigenvalue weighted by atomic mass is 16.6. The molecule has 52 heavy (non-hydrogen) atoms. The first-order valence-corrected chi connectivity index (χ1v) is 18.5. The van der Waals surface area contributed by atoms with Crippen molar-refractivity contribution in [2.75, 3.05) is 49.1 Å². The highest BCUT2D eigenvalue weighted by Crippen LogP contribution is 2.36. The van der Waals surface area contributed by atoms with Gasteiger partial charge >= 0.3 is 18.2 Å². The maximum atomic E-state index is 13.1. The predicted octanol–water partition coefficient (Wildman–Crippen LogP) is 7.13. The van der Waals surface area contributed by atoms with Crippen LogP contribution in [0.3, 0.4) is 0 Å². The molecule has 11 nitrogen and oxygen atoms in total. The number of aryl methyl sites for hydroxylation is 1. The number of hydrogen-bond donors (Lipinski definition) is 0. The Morgan fingerprint density at radius 1 is 0.885 bits per heavy atom. The molecule has 0 bridgehead atoms. The molecule has 0 unspecified atom stereocenters. The van der Waals surface area contributed by atoms with E-state index in [1.165, 1.54) is 22.0 Å². The van der Waals surface area contributed by atoms with Crippen LogP contribution in [-0.2, 0) is 29.0 Å². The standard InChI is InChI=1S/C41H50N6O5/c1-28-24-31-14-9-10-15-32(31)36(25-28)46-19-17-33-34(26-46)42-38(51-29(2)35-16-11-18-47(35)40(49)52-41(3,4)5)43-37(33)44-20-22-45(23-21-44)39(48)50-27-30-12-7-6-8-13-30/h6-10,12-15,24-25,29,35H,11,16-23,26-27H2,1-5H3/t29-,35-/m1/s1. The van der Waals surface area contributed by atoms with Crippen molar-refractivity contribution >= 4 is 34.5 Å². The van der Waals surface area contributed by atoms with E-state index in [1.54, 1.807) is 9.80 Å². The van der Waals surface area contributed by atoms with Gasteiger partial charge in [-0.25, -0.2) is 9.59 Å². The van der Waals surface area contributed by atoms with Crippen LogP contribution in [0.15, 0.2) is 66.7 Å². The lowest BCUT2D eigenvalue weighted by atomic mass is 10.0. The van der Waals surface area contributed by atoms with Crippen molar-refractivity contribution < 1.29 is 23.8 Å². The number of hydrogen-bond acceptors (Lipinski definition) is 9. The third-order valence-electron chi connectivity index (χ3n) is 10.2. The van der Waals surface area contributed by atoms with Crippen LogP contribution in [0.4, 0.5) is 21.1 Å². The number of carbonyl (C=O) groups excluding carboxylic acids is 2. The van der Waals surface area contributed by atoms with Gasteiger partial charge in [0.05, 0.1) is 18.3 Å². The van der Waals surface area contributed by atoms with Gasteiger partial charge in [-0.15, -0.1) is 0 Å². The lowest BCUT2D eigenvalue weighted by molar-refractivity contribution is 0.0102. The van der Waals surface area contributed by atoms with Crippen LogP contribution < -0.4 is 14.5 Å². The highest BCUT2D eigenvalue weighted by Gasteiger charge is 2.37. The second-order valence-electron chi connectivity index (χ2n) is 15.2. The maximum Gasteiger partial charge on any atom is 0.410 e. The van der Waals surface area contributed by atoms with Crippen molar-refractivity contribution in [3.8, 4) is 6.01 Å². The Morgan fingerprint density at radius 2 is 1.63 bits per heavy atom. The number of rotatable bonds is 7. The van der Waals surface area contributed by atoms with E-state index in [0.29, 0.717) is 45.3 Å². The third kappa shape index (κ3) is 7.88. The summed E-state index contributed by atoms with van der Waals surface area (Å²) in [6.07, 6.45) is 1.49. The smallest absolute Gasteiger partial charge is 0.410 e. The molecule has 0 N–H and O–H groups in total. The number of ether oxygens (including phenoxy) is 3. The fourth-order valence-electron chi connectivity index (χ4n) is 7.59. The Hall–Kier alpha value is -5.06. The monoisotopic (exact) mass is 706 g/mol. The van der Waals surface area contributed by atoms with Crippen LogP contribution in [0.25, 0.3) is 10.8 Å². The molecule has 2 amide bonds. The summed E-state index contributed by atoms with van der Waals surface area (Å²) < 4.78 is 17.9. The number of aromatic nitrogens is 2. The second-order valence-corrected chi connectivity index (χ2v) is 15.2. The van der Waals surface area contributed by atoms with Gasteiger partial charge in [-0.05, 0) is 76.5 Å². The number of fused-ring (bicyclic) bond motifs is 2. The minimum atomic E-state index is -0.581. The molecule has 0 spiro atoms. The summed E-state index contributed by atoms with van der Waals surface area (Å²) in [6, 6.07) is 22.9. The molecule has 4 heterocycles. The van der Waals surface area contributed by atoms with E-state index in [2.05, 4.69) is 53.1 Å². The minimum absolute atomic E-state index is 0.154. The molecule has 3 aromatic carbocycles. The zero-order valence-corrected chi connectivity index (χ0v) is 31.0. The SMILES string of the molecule is Cc1cc(N2CCc3c(nc(O[C@H](C)[C@H]4CCCN4C(=O)OC(C)(C)C)nc3N3CCN(C(=O)OCc4ccccc4)CC3)C2)c2ccccc2c1. The Balaban J connectivity index is 1.13. The van der Waals surface area contributed by atoms with Gasteiger partial charge in [-0.2, -0.15) is 9.97 Å². The number of anilines is 2. The number of carbonyl (C=O) groups is 2. The van der Waals surface area contributed by atoms with Crippen molar-refractivity contribution in [1.29, 1.82) is 0 Å². The second kappa shape index (κ2) is 14.9. The maximum absolute atomic E-state index is 13.1. The number of amides is 2. The summed E-state index contributed by atoms with van der Waals surface area (Å²) >= 11 is 0. The molecule has 7 rings (SSSR count). The van der Waals surface area contributed by atoms with Crippen molar-refractivity contribution in [2.45, 2.75) is 84.8 Å². The summed E-state index contributed by atoms with van der Waals surface area (Å²) in [5.74, 6) is 0.855. The van der Waals surface area contributed by atoms with Gasteiger partial charge in [-0.3, -0.25) is 0 Å². The predicted molar refractivity (Wildman–Crippen MR) is 202 cm³/mol. The van der Waals surface area contributed by atoms with Gasteiger partial charge in [0, 0.05) is 55.9 Å². The summed E-state index contributed by atoms with van der Waals surface area (Å²) in [7, 11) is 0. The van der Waals surface area contributed by atoms with E-state index >= 15 is 0 Å². The van der Waals surface area contributed by atoms with E-state index in [1.807, 2.05) is 58.0 Å². The van der Waals surface area contributed by atoms with Gasteiger partial charge in [0.15, 0.2) is 0 Å². The first-order chi connectivity index (χ1) is 25.0. The number of benzene rings is 3. The first kappa shape index (κ1) is 35.3. The first-order valence-electron chi connectivity index (χ1n) is 18.5. The van der Waals surface area contributed by atoms with E-state index < -0.39 is 5.60 Å². The van der Waals surface area contributed by atoms with Gasteiger partial charge in [-0.1, -0.05) is 60.7 Å². The molecular weight excluding hydrogens is 656 g/mol. The van der Waals surface area contributed by atoms with Gasteiger partial charge in [0.1, 0.15) is 24.1 Å². The van der Waals surface area contributed by atoms with Gasteiger partial charge in [0.2, 0.25) is 0 Å². The van der Waals surface area contributed by atoms with Gasteiger partial charge in [0.25, 0.3) is 0 Å². The van der Waals surface area contributed by atoms with Gasteiger partial charge < -0.3 is 33.8 Å². The molecule has 0 radical (unpaired) electrons. The molecule has 4 aromatic rings. The lowest BCUT2D eigenvalue weighted by Crippen LogP contribution is -2.50. The molecule has 1 aromatic heterocycles. The molecule has 2 fully saturated rings. The molecule has 274 valence electrons. The fourth-order valence-corrected chi connectivity index (χ4v) is 7.59. The Bertz CT molecular complexity index is 1910. The molecule has 0 saturated carbocycles. The third-order valence-corrected chi connectivity index (χ3v) is 10.2. The molecule has 0 aliphatic carbocycles. The normalized spacial score (nSPS) is 18.3. The molecule has 3 aliphatic rings. The quantitative estimate of drug-likeness (QED) is 0.199. The van der Waals surface area contributed by atoms with E-state index in [0.717, 1.165) is 48.4 Å². The van der Waals surface area contributed by atoms with Crippen molar-refractivity contribution in [2.24, 2.45) is 0 Å². The van der Waals surface area contributed by atoms with Crippen LogP contribution in [-0.4, -0.2) is 89.0 Å². The summed E-state index contributed by atoms with van der Waals surface area (Å²) in [4.78, 5) is 44.4.